The number of rotatable bonds is 16. The molecule has 0 aromatic carbocycles. The maximum absolute atomic E-state index is 9.49. The van der Waals surface area contributed by atoms with Crippen molar-refractivity contribution in [1.29, 1.82) is 0 Å². The highest BCUT2D eigenvalue weighted by molar-refractivity contribution is 4.88. The van der Waals surface area contributed by atoms with E-state index in [4.69, 9.17) is 4.74 Å². The topological polar surface area (TPSA) is 32.7 Å². The molecule has 1 heterocycles. The fourth-order valence-electron chi connectivity index (χ4n) is 3.60. The summed E-state index contributed by atoms with van der Waals surface area (Å²) in [6.07, 6.45) is 19.6. The summed E-state index contributed by atoms with van der Waals surface area (Å²) in [6, 6.07) is 0. The zero-order valence-corrected chi connectivity index (χ0v) is 16.5. The van der Waals surface area contributed by atoms with Crippen molar-refractivity contribution >= 4 is 0 Å². The summed E-state index contributed by atoms with van der Waals surface area (Å²) < 4.78 is 5.50. The van der Waals surface area contributed by atoms with E-state index in [-0.39, 0.29) is 12.1 Å². The summed E-state index contributed by atoms with van der Waals surface area (Å²) in [6.45, 7) is 7.01. The SMILES string of the molecule is CCCCCCCCCCCCCCCCN1COCC1(C)CO. The Balaban J connectivity index is 1.79. The lowest BCUT2D eigenvalue weighted by Crippen LogP contribution is -2.46. The van der Waals surface area contributed by atoms with Crippen molar-refractivity contribution in [2.24, 2.45) is 0 Å². The van der Waals surface area contributed by atoms with Gasteiger partial charge in [0.25, 0.3) is 0 Å². The maximum Gasteiger partial charge on any atom is 0.0997 e. The highest BCUT2D eigenvalue weighted by Gasteiger charge is 2.36. The molecule has 3 heteroatoms. The highest BCUT2D eigenvalue weighted by Crippen LogP contribution is 2.22. The minimum absolute atomic E-state index is 0.142. The summed E-state index contributed by atoms with van der Waals surface area (Å²) in [7, 11) is 0. The lowest BCUT2D eigenvalue weighted by Gasteiger charge is -2.30. The zero-order valence-electron chi connectivity index (χ0n) is 16.5. The Hall–Kier alpha value is -0.120. The number of hydrogen-bond donors (Lipinski definition) is 1. The number of hydrogen-bond acceptors (Lipinski definition) is 3. The van der Waals surface area contributed by atoms with E-state index in [9.17, 15) is 5.11 Å². The van der Waals surface area contributed by atoms with Gasteiger partial charge in [-0.05, 0) is 13.3 Å². The molecule has 1 aliphatic rings. The maximum atomic E-state index is 9.49. The largest absolute Gasteiger partial charge is 0.394 e. The number of ether oxygens (including phenoxy) is 1. The molecule has 0 saturated carbocycles. The van der Waals surface area contributed by atoms with Gasteiger partial charge >= 0.3 is 0 Å². The molecule has 1 atom stereocenters. The van der Waals surface area contributed by atoms with E-state index in [1.807, 2.05) is 0 Å². The monoisotopic (exact) mass is 341 g/mol. The third-order valence-electron chi connectivity index (χ3n) is 5.55. The minimum atomic E-state index is -0.142. The molecule has 144 valence electrons. The van der Waals surface area contributed by atoms with E-state index in [0.717, 1.165) is 6.54 Å². The number of nitrogens with zero attached hydrogens (tertiary/aromatic N) is 1. The summed E-state index contributed by atoms with van der Waals surface area (Å²) in [5.41, 5.74) is -0.142. The first-order valence-corrected chi connectivity index (χ1v) is 10.7. The molecule has 0 amide bonds. The average molecular weight is 342 g/mol. The van der Waals surface area contributed by atoms with Gasteiger partial charge in [-0.15, -0.1) is 0 Å². The fraction of sp³-hybridized carbons (Fsp3) is 1.00. The summed E-state index contributed by atoms with van der Waals surface area (Å²) >= 11 is 0. The van der Waals surface area contributed by atoms with Crippen LogP contribution in [0.25, 0.3) is 0 Å². The van der Waals surface area contributed by atoms with E-state index in [2.05, 4.69) is 18.7 Å². The third-order valence-corrected chi connectivity index (χ3v) is 5.55. The van der Waals surface area contributed by atoms with Gasteiger partial charge in [0, 0.05) is 6.54 Å². The van der Waals surface area contributed by atoms with E-state index in [1.165, 1.54) is 89.9 Å². The second-order valence-corrected chi connectivity index (χ2v) is 7.99. The van der Waals surface area contributed by atoms with E-state index >= 15 is 0 Å². The highest BCUT2D eigenvalue weighted by atomic mass is 16.5. The van der Waals surface area contributed by atoms with Crippen LogP contribution in [0.1, 0.15) is 104 Å². The first kappa shape index (κ1) is 21.9. The van der Waals surface area contributed by atoms with Gasteiger partial charge in [0.05, 0.1) is 25.5 Å². The Labute approximate surface area is 151 Å². The van der Waals surface area contributed by atoms with Crippen LogP contribution in [0, 0.1) is 0 Å². The van der Waals surface area contributed by atoms with Crippen LogP contribution in [0.3, 0.4) is 0 Å². The molecule has 0 spiro atoms. The van der Waals surface area contributed by atoms with Crippen LogP contribution in [-0.2, 0) is 4.74 Å². The summed E-state index contributed by atoms with van der Waals surface area (Å²) in [5.74, 6) is 0. The van der Waals surface area contributed by atoms with Gasteiger partial charge in [-0.1, -0.05) is 90.4 Å². The van der Waals surface area contributed by atoms with Crippen molar-refractivity contribution in [1.82, 2.24) is 4.90 Å². The fourth-order valence-corrected chi connectivity index (χ4v) is 3.60. The first-order chi connectivity index (χ1) is 11.7. The van der Waals surface area contributed by atoms with Crippen molar-refractivity contribution in [3.63, 3.8) is 0 Å². The molecular formula is C21H43NO2. The Morgan fingerprint density at radius 3 is 1.71 bits per heavy atom. The first-order valence-electron chi connectivity index (χ1n) is 10.7. The minimum Gasteiger partial charge on any atom is -0.394 e. The van der Waals surface area contributed by atoms with Crippen molar-refractivity contribution in [2.75, 3.05) is 26.5 Å². The standard InChI is InChI=1S/C21H43NO2/c1-3-4-5-6-7-8-9-10-11-12-13-14-15-16-17-22-20-24-19-21(22,2)18-23/h23H,3-20H2,1-2H3. The molecule has 1 unspecified atom stereocenters. The van der Waals surface area contributed by atoms with Crippen molar-refractivity contribution in [2.45, 2.75) is 109 Å². The second-order valence-electron chi connectivity index (χ2n) is 7.99. The van der Waals surface area contributed by atoms with Gasteiger partial charge in [-0.25, -0.2) is 0 Å². The molecule has 1 N–H and O–H groups in total. The lowest BCUT2D eigenvalue weighted by molar-refractivity contribution is 0.0834. The lowest BCUT2D eigenvalue weighted by atomic mass is 10.0. The van der Waals surface area contributed by atoms with E-state index in [1.54, 1.807) is 0 Å². The summed E-state index contributed by atoms with van der Waals surface area (Å²) in [4.78, 5) is 2.30. The number of aliphatic hydroxyl groups is 1. The molecule has 1 saturated heterocycles. The van der Waals surface area contributed by atoms with E-state index < -0.39 is 0 Å². The molecule has 0 aromatic heterocycles. The predicted molar refractivity (Wildman–Crippen MR) is 103 cm³/mol. The van der Waals surface area contributed by atoms with Gasteiger partial charge in [0.15, 0.2) is 0 Å². The Kier molecular flexibility index (Phi) is 12.9. The smallest absolute Gasteiger partial charge is 0.0997 e. The number of unbranched alkanes of at least 4 members (excludes halogenated alkanes) is 13. The molecule has 0 bridgehead atoms. The van der Waals surface area contributed by atoms with Crippen LogP contribution in [0.4, 0.5) is 0 Å². The van der Waals surface area contributed by atoms with Crippen molar-refractivity contribution < 1.29 is 9.84 Å². The van der Waals surface area contributed by atoms with Crippen molar-refractivity contribution in [3.05, 3.63) is 0 Å². The number of aliphatic hydroxyl groups excluding tert-OH is 1. The Bertz CT molecular complexity index is 285. The van der Waals surface area contributed by atoms with E-state index in [0.29, 0.717) is 13.3 Å². The quantitative estimate of drug-likeness (QED) is 0.376. The van der Waals surface area contributed by atoms with Crippen LogP contribution in [0.15, 0.2) is 0 Å². The molecule has 24 heavy (non-hydrogen) atoms. The van der Waals surface area contributed by atoms with Crippen LogP contribution >= 0.6 is 0 Å². The van der Waals surface area contributed by atoms with Crippen LogP contribution < -0.4 is 0 Å². The van der Waals surface area contributed by atoms with Crippen LogP contribution in [-0.4, -0.2) is 42.0 Å². The third kappa shape index (κ3) is 9.39. The molecule has 0 aromatic rings. The van der Waals surface area contributed by atoms with Crippen LogP contribution in [0.2, 0.25) is 0 Å². The van der Waals surface area contributed by atoms with Crippen LogP contribution in [0.5, 0.6) is 0 Å². The summed E-state index contributed by atoms with van der Waals surface area (Å²) in [5, 5.41) is 9.49. The van der Waals surface area contributed by atoms with Gasteiger partial charge in [-0.2, -0.15) is 0 Å². The Morgan fingerprint density at radius 1 is 0.792 bits per heavy atom. The normalized spacial score (nSPS) is 21.6. The van der Waals surface area contributed by atoms with Gasteiger partial charge in [0.2, 0.25) is 0 Å². The molecule has 1 aliphatic heterocycles. The average Bonchev–Trinajstić information content (AvgIpc) is 2.96. The second kappa shape index (κ2) is 14.1. The molecule has 1 rings (SSSR count). The zero-order chi connectivity index (χ0) is 17.5. The molecule has 3 nitrogen and oxygen atoms in total. The van der Waals surface area contributed by atoms with Gasteiger partial charge in [0.1, 0.15) is 0 Å². The van der Waals surface area contributed by atoms with Crippen molar-refractivity contribution in [3.8, 4) is 0 Å². The molecular weight excluding hydrogens is 298 g/mol. The molecule has 1 fully saturated rings. The Morgan fingerprint density at radius 2 is 1.25 bits per heavy atom. The van der Waals surface area contributed by atoms with Gasteiger partial charge < -0.3 is 9.84 Å². The molecule has 0 radical (unpaired) electrons. The van der Waals surface area contributed by atoms with Gasteiger partial charge in [-0.3, -0.25) is 4.90 Å². The predicted octanol–water partition coefficient (Wildman–Crippen LogP) is 5.51. The molecule has 0 aliphatic carbocycles.